The summed E-state index contributed by atoms with van der Waals surface area (Å²) in [6.07, 6.45) is 3.50. The molecule has 5 nitrogen and oxygen atoms in total. The maximum Gasteiger partial charge on any atom is 3.00 e. The van der Waals surface area contributed by atoms with Gasteiger partial charge in [0.05, 0.1) is 0 Å². The van der Waals surface area contributed by atoms with Crippen LogP contribution in [0.25, 0.3) is 10.5 Å². The van der Waals surface area contributed by atoms with Crippen LogP contribution >= 0.6 is 0 Å². The van der Waals surface area contributed by atoms with E-state index in [0.29, 0.717) is 11.5 Å². The van der Waals surface area contributed by atoms with Crippen LogP contribution in [0.3, 0.4) is 0 Å². The number of sulfonamides is 1. The maximum absolute atomic E-state index is 12.8. The van der Waals surface area contributed by atoms with E-state index < -0.39 is 29.4 Å². The predicted molar refractivity (Wildman–Crippen MR) is 184 cm³/mol. The van der Waals surface area contributed by atoms with E-state index in [0.717, 1.165) is 11.1 Å². The summed E-state index contributed by atoms with van der Waals surface area (Å²) in [5.74, 6) is 0.653. The van der Waals surface area contributed by atoms with Crippen LogP contribution in [0.2, 0.25) is 0 Å². The molecular formula is C36H39BF4N3O2RuS. The molecule has 0 fully saturated rings. The summed E-state index contributed by atoms with van der Waals surface area (Å²) in [6.45, 7) is 8.44. The fourth-order valence-electron chi connectivity index (χ4n) is 3.99. The van der Waals surface area contributed by atoms with Crippen LogP contribution in [0.5, 0.6) is 0 Å². The molecule has 2 atom stereocenters. The number of nitrogens with one attached hydrogen (secondary N) is 1. The molecule has 5 rings (SSSR count). The number of hydrogen-bond acceptors (Lipinski definition) is 3. The minimum Gasteiger partial charge on any atom is -0.672 e. The molecule has 0 aliphatic carbocycles. The second kappa shape index (κ2) is 21.3. The number of hydrogen-bond donors (Lipinski definition) is 0. The van der Waals surface area contributed by atoms with Crippen molar-refractivity contribution in [3.05, 3.63) is 178 Å². The fraction of sp³-hybridized carbons (Fsp3) is 0.194. The Labute approximate surface area is 295 Å². The number of halogens is 4. The first-order valence-electron chi connectivity index (χ1n) is 14.8. The van der Waals surface area contributed by atoms with Crippen molar-refractivity contribution in [2.24, 2.45) is 0 Å². The van der Waals surface area contributed by atoms with Crippen molar-refractivity contribution in [1.82, 2.24) is 4.98 Å². The summed E-state index contributed by atoms with van der Waals surface area (Å²) < 4.78 is 68.8. The Morgan fingerprint density at radius 3 is 1.40 bits per heavy atom. The number of aryl methyl sites for hydroxylation is 2. The Hall–Kier alpha value is -3.69. The molecule has 4 aromatic carbocycles. The molecule has 0 aliphatic heterocycles. The first kappa shape index (κ1) is 42.3. The third kappa shape index (κ3) is 16.9. The normalized spacial score (nSPS) is 12.0. The molecule has 48 heavy (non-hydrogen) atoms. The van der Waals surface area contributed by atoms with Gasteiger partial charge in [0.2, 0.25) is 0 Å². The number of aromatic nitrogens is 1. The Balaban J connectivity index is 0.000000425. The monoisotopic (exact) mass is 766 g/mol. The first-order valence-corrected chi connectivity index (χ1v) is 16.2. The molecule has 255 valence electrons. The summed E-state index contributed by atoms with van der Waals surface area (Å²) in [5.41, 5.74) is 13.8. The van der Waals surface area contributed by atoms with E-state index in [4.69, 9.17) is 5.73 Å². The summed E-state index contributed by atoms with van der Waals surface area (Å²) in [5, 5.41) is 0. The number of pyridine rings is 1. The van der Waals surface area contributed by atoms with Crippen LogP contribution in [-0.2, 0) is 29.5 Å². The van der Waals surface area contributed by atoms with Gasteiger partial charge in [0, 0.05) is 17.3 Å². The Morgan fingerprint density at radius 2 is 1.02 bits per heavy atom. The molecule has 0 spiro atoms. The Morgan fingerprint density at radius 1 is 0.625 bits per heavy atom. The summed E-state index contributed by atoms with van der Waals surface area (Å²) in [7, 11) is -9.87. The third-order valence-corrected chi connectivity index (χ3v) is 7.87. The molecule has 1 aromatic heterocycles. The molecular weight excluding hydrogens is 726 g/mol. The van der Waals surface area contributed by atoms with E-state index in [-0.39, 0.29) is 24.4 Å². The maximum atomic E-state index is 12.8. The zero-order chi connectivity index (χ0) is 34.9. The number of nitrogens with zero attached hydrogens (tertiary/aromatic N) is 2. The van der Waals surface area contributed by atoms with Crippen LogP contribution in [0.1, 0.15) is 59.7 Å². The summed E-state index contributed by atoms with van der Waals surface area (Å²) >= 11 is 0. The minimum absolute atomic E-state index is 0. The third-order valence-electron chi connectivity index (χ3n) is 6.50. The average Bonchev–Trinajstić information content (AvgIpc) is 3.05. The topological polar surface area (TPSA) is 84.9 Å². The van der Waals surface area contributed by atoms with Gasteiger partial charge in [-0.05, 0) is 49.6 Å². The van der Waals surface area contributed by atoms with E-state index in [1.807, 2.05) is 85.8 Å². The van der Waals surface area contributed by atoms with Crippen molar-refractivity contribution in [1.29, 1.82) is 0 Å². The van der Waals surface area contributed by atoms with Gasteiger partial charge in [-0.15, -0.1) is 12.1 Å². The molecule has 0 saturated carbocycles. The van der Waals surface area contributed by atoms with Gasteiger partial charge in [0.25, 0.3) is 0 Å². The smallest absolute Gasteiger partial charge is 0.672 e. The van der Waals surface area contributed by atoms with Crippen molar-refractivity contribution >= 4 is 17.3 Å². The van der Waals surface area contributed by atoms with Crippen molar-refractivity contribution < 1.29 is 45.2 Å². The largest absolute Gasteiger partial charge is 3.00 e. The molecule has 1 heterocycles. The van der Waals surface area contributed by atoms with Gasteiger partial charge in [0.15, 0.2) is 0 Å². The van der Waals surface area contributed by atoms with E-state index in [2.05, 4.69) is 54.7 Å². The SMILES string of the molecule is Cc1ccc(C(C)C)cc1.Cc1ccc(S(=O)(=O)[N-][C@@H](c2ccccc2)[C@@H]([NH-])c2ccccc2)cc1.F[B-](F)(F)F.[Ru+3].c1ccncc1. The van der Waals surface area contributed by atoms with Gasteiger partial charge in [-0.2, -0.15) is 0 Å². The fourth-order valence-corrected chi connectivity index (χ4v) is 5.14. The first-order chi connectivity index (χ1) is 22.2. The molecule has 0 unspecified atom stereocenters. The molecule has 1 radical (unpaired) electrons. The molecule has 0 saturated heterocycles. The minimum atomic E-state index is -6.00. The quantitative estimate of drug-likeness (QED) is 0.122. The second-order valence-corrected chi connectivity index (χ2v) is 12.4. The van der Waals surface area contributed by atoms with Crippen LogP contribution in [0, 0.1) is 13.8 Å². The standard InChI is InChI=1S/C21H20N2O2S.C10H14.C5H5N.BF4.Ru/c1-16-12-14-19(15-13-16)26(24,25)23-21(18-10-6-3-7-11-18)20(22)17-8-4-2-5-9-17;1-8(2)10-6-4-9(3)5-7-10;1-2-4-6-5-3-1;2-1(3,4)5;/h2-15,20-22H,1H3;4-8H,1-3H3;1-5H;;/q-2;;;-1;+3/t20-,21-;;;;/m0..../s1. The van der Waals surface area contributed by atoms with Crippen LogP contribution in [-0.4, -0.2) is 20.7 Å². The summed E-state index contributed by atoms with van der Waals surface area (Å²) in [6, 6.07) is 37.7. The van der Waals surface area contributed by atoms with Gasteiger partial charge >= 0.3 is 26.7 Å². The molecule has 5 aromatic rings. The zero-order valence-corrected chi connectivity index (χ0v) is 29.6. The number of rotatable bonds is 7. The molecule has 1 N–H and O–H groups in total. The van der Waals surface area contributed by atoms with E-state index in [9.17, 15) is 25.7 Å². The van der Waals surface area contributed by atoms with Crippen molar-refractivity contribution in [3.8, 4) is 0 Å². The van der Waals surface area contributed by atoms with Gasteiger partial charge in [-0.1, -0.05) is 139 Å². The van der Waals surface area contributed by atoms with Gasteiger partial charge in [-0.25, -0.2) is 8.42 Å². The van der Waals surface area contributed by atoms with Crippen molar-refractivity contribution in [3.63, 3.8) is 0 Å². The van der Waals surface area contributed by atoms with Crippen LogP contribution in [0.15, 0.2) is 145 Å². The second-order valence-electron chi connectivity index (χ2n) is 10.7. The summed E-state index contributed by atoms with van der Waals surface area (Å²) in [4.78, 5) is 3.93. The molecule has 12 heteroatoms. The van der Waals surface area contributed by atoms with Gasteiger partial charge in [-0.3, -0.25) is 4.98 Å². The zero-order valence-electron chi connectivity index (χ0n) is 27.1. The van der Waals surface area contributed by atoms with Gasteiger partial charge in [0.1, 0.15) is 10.0 Å². The van der Waals surface area contributed by atoms with E-state index in [1.165, 1.54) is 11.1 Å². The Kier molecular flexibility index (Phi) is 18.8. The molecule has 0 amide bonds. The van der Waals surface area contributed by atoms with Gasteiger partial charge < -0.3 is 27.7 Å². The average molecular weight is 766 g/mol. The van der Waals surface area contributed by atoms with Crippen LogP contribution in [0.4, 0.5) is 17.3 Å². The van der Waals surface area contributed by atoms with Crippen LogP contribution < -0.4 is 0 Å². The molecule has 0 aliphatic rings. The van der Waals surface area contributed by atoms with E-state index in [1.54, 1.807) is 36.7 Å². The van der Waals surface area contributed by atoms with Crippen molar-refractivity contribution in [2.45, 2.75) is 50.6 Å². The predicted octanol–water partition coefficient (Wildman–Crippen LogP) is 11.1. The van der Waals surface area contributed by atoms with Crippen molar-refractivity contribution in [2.75, 3.05) is 0 Å². The van der Waals surface area contributed by atoms with E-state index >= 15 is 0 Å². The molecule has 0 bridgehead atoms. The number of benzene rings is 4. The Bertz CT molecular complexity index is 1630.